The summed E-state index contributed by atoms with van der Waals surface area (Å²) in [5.74, 6) is -4.35. The van der Waals surface area contributed by atoms with Crippen molar-refractivity contribution in [1.29, 1.82) is 0 Å². The molecule has 44 heavy (non-hydrogen) atoms. The average molecular weight is 609 g/mol. The van der Waals surface area contributed by atoms with Gasteiger partial charge in [-0.05, 0) is 48.0 Å². The molecule has 0 spiro atoms. The number of phenols is 4. The number of carboxylic acids is 1. The fourth-order valence-corrected chi connectivity index (χ4v) is 4.46. The molecule has 0 amide bonds. The summed E-state index contributed by atoms with van der Waals surface area (Å²) in [5.41, 5.74) is -0.0280. The fraction of sp³-hybridized carbons (Fsp3) is 0.167. The smallest absolute Gasteiger partial charge is 0.337 e. The molecule has 0 saturated carbocycles. The van der Waals surface area contributed by atoms with E-state index in [1.807, 2.05) is 0 Å². The number of phenolic OH excluding ortho intramolecular Hbond substituents is 4. The van der Waals surface area contributed by atoms with E-state index >= 15 is 0 Å². The Morgan fingerprint density at radius 2 is 1.57 bits per heavy atom. The zero-order valence-electron chi connectivity index (χ0n) is 22.3. The van der Waals surface area contributed by atoms with Crippen LogP contribution in [0.3, 0.4) is 0 Å². The maximum atomic E-state index is 12.7. The van der Waals surface area contributed by atoms with Crippen molar-refractivity contribution < 1.29 is 64.0 Å². The first-order valence-electron chi connectivity index (χ1n) is 12.8. The van der Waals surface area contributed by atoms with Gasteiger partial charge in [-0.1, -0.05) is 6.07 Å². The molecule has 1 saturated heterocycles. The summed E-state index contributed by atoms with van der Waals surface area (Å²) in [5, 5.41) is 69.9. The Kier molecular flexibility index (Phi) is 8.13. The van der Waals surface area contributed by atoms with E-state index in [1.165, 1.54) is 48.5 Å². The first-order valence-corrected chi connectivity index (χ1v) is 12.8. The second-order valence-electron chi connectivity index (χ2n) is 9.68. The Morgan fingerprint density at radius 1 is 0.841 bits per heavy atom. The zero-order chi connectivity index (χ0) is 31.7. The number of benzene rings is 3. The predicted octanol–water partition coefficient (Wildman–Crippen LogP) is 1.82. The minimum atomic E-state index is -2.02. The van der Waals surface area contributed by atoms with Gasteiger partial charge >= 0.3 is 11.9 Å². The van der Waals surface area contributed by atoms with Crippen molar-refractivity contribution in [3.05, 3.63) is 82.5 Å². The molecule has 7 N–H and O–H groups in total. The minimum absolute atomic E-state index is 0.0122. The summed E-state index contributed by atoms with van der Waals surface area (Å²) in [6.45, 7) is 0. The SMILES string of the molecule is O=C(C=Cc1ccc(O)c(O)c1)O[C@H]1[C@H](O)[C@@H](O)[C@H](Oc2cc(O)c3c(=O)cc(-c4ccc(O)cc4)oc3c2)O[C@@H]1C(=O)O. The molecule has 5 atom stereocenters. The van der Waals surface area contributed by atoms with E-state index in [0.29, 0.717) is 5.56 Å². The molecule has 0 aliphatic carbocycles. The van der Waals surface area contributed by atoms with Crippen molar-refractivity contribution >= 4 is 29.0 Å². The van der Waals surface area contributed by atoms with E-state index < -0.39 is 59.6 Å². The molecule has 3 aromatic carbocycles. The van der Waals surface area contributed by atoms with E-state index in [-0.39, 0.29) is 39.5 Å². The summed E-state index contributed by atoms with van der Waals surface area (Å²) in [6.07, 6.45) is -7.67. The van der Waals surface area contributed by atoms with Gasteiger partial charge in [0.2, 0.25) is 6.29 Å². The lowest BCUT2D eigenvalue weighted by Crippen LogP contribution is -2.62. The van der Waals surface area contributed by atoms with Crippen LogP contribution in [0.5, 0.6) is 28.7 Å². The molecule has 1 aromatic heterocycles. The number of fused-ring (bicyclic) bond motifs is 1. The summed E-state index contributed by atoms with van der Waals surface area (Å²) >= 11 is 0. The lowest BCUT2D eigenvalue weighted by molar-refractivity contribution is -0.274. The van der Waals surface area contributed by atoms with Gasteiger partial charge in [0.25, 0.3) is 0 Å². The van der Waals surface area contributed by atoms with Crippen molar-refractivity contribution in [2.75, 3.05) is 0 Å². The van der Waals surface area contributed by atoms with Crippen LogP contribution >= 0.6 is 0 Å². The maximum Gasteiger partial charge on any atom is 0.337 e. The molecule has 1 aliphatic rings. The van der Waals surface area contributed by atoms with Crippen molar-refractivity contribution in [3.63, 3.8) is 0 Å². The van der Waals surface area contributed by atoms with Gasteiger partial charge in [0, 0.05) is 29.8 Å². The Balaban J connectivity index is 1.36. The maximum absolute atomic E-state index is 12.7. The number of carboxylic acid groups (broad SMARTS) is 1. The highest BCUT2D eigenvalue weighted by Crippen LogP contribution is 2.34. The highest BCUT2D eigenvalue weighted by atomic mass is 16.7. The first-order chi connectivity index (χ1) is 20.9. The average Bonchev–Trinajstić information content (AvgIpc) is 2.97. The van der Waals surface area contributed by atoms with Gasteiger partial charge in [-0.15, -0.1) is 0 Å². The molecule has 228 valence electrons. The normalized spacial score (nSPS) is 21.7. The summed E-state index contributed by atoms with van der Waals surface area (Å²) in [4.78, 5) is 37.1. The topological polar surface area (TPSA) is 234 Å². The Hall–Kier alpha value is -5.57. The highest BCUT2D eigenvalue weighted by molar-refractivity contribution is 5.88. The van der Waals surface area contributed by atoms with Crippen molar-refractivity contribution in [3.8, 4) is 40.1 Å². The van der Waals surface area contributed by atoms with E-state index in [4.69, 9.17) is 18.6 Å². The number of aliphatic hydroxyl groups is 2. The van der Waals surface area contributed by atoms with E-state index in [2.05, 4.69) is 0 Å². The highest BCUT2D eigenvalue weighted by Gasteiger charge is 2.51. The number of esters is 1. The van der Waals surface area contributed by atoms with Crippen LogP contribution < -0.4 is 10.2 Å². The summed E-state index contributed by atoms with van der Waals surface area (Å²) < 4.78 is 21.7. The standard InChI is InChI=1S/C30H24O14/c31-15-5-3-14(4-6-15)21-12-20(35)24-19(34)10-16(11-22(24)42-21)41-30-26(38)25(37)27(28(44-30)29(39)40)43-23(36)8-2-13-1-7-17(32)18(33)9-13/h1-12,25-28,30-34,37-38H,(H,39,40)/t25-,26-,27+,28+,30-/m1/s1. The number of rotatable bonds is 7. The van der Waals surface area contributed by atoms with Gasteiger partial charge in [0.1, 0.15) is 46.2 Å². The molecule has 1 aliphatic heterocycles. The second-order valence-corrected chi connectivity index (χ2v) is 9.68. The lowest BCUT2D eigenvalue weighted by Gasteiger charge is -2.39. The Bertz CT molecular complexity index is 1810. The van der Waals surface area contributed by atoms with Crippen molar-refractivity contribution in [2.24, 2.45) is 0 Å². The largest absolute Gasteiger partial charge is 0.508 e. The molecule has 5 rings (SSSR count). The van der Waals surface area contributed by atoms with Crippen LogP contribution in [0, 0.1) is 0 Å². The van der Waals surface area contributed by atoms with Crippen LogP contribution in [0.25, 0.3) is 28.4 Å². The number of hydrogen-bond donors (Lipinski definition) is 7. The Labute approximate surface area is 246 Å². The number of aliphatic hydroxyl groups excluding tert-OH is 2. The molecule has 0 radical (unpaired) electrons. The molecule has 0 bridgehead atoms. The van der Waals surface area contributed by atoms with E-state index in [0.717, 1.165) is 24.3 Å². The van der Waals surface area contributed by atoms with Gasteiger partial charge in [0.05, 0.1) is 0 Å². The quantitative estimate of drug-likeness (QED) is 0.0901. The summed E-state index contributed by atoms with van der Waals surface area (Å²) in [6, 6.07) is 12.8. The molecule has 14 nitrogen and oxygen atoms in total. The predicted molar refractivity (Wildman–Crippen MR) is 149 cm³/mol. The van der Waals surface area contributed by atoms with Crippen LogP contribution in [0.2, 0.25) is 0 Å². The number of aliphatic carboxylic acids is 1. The van der Waals surface area contributed by atoms with Crippen molar-refractivity contribution in [2.45, 2.75) is 30.7 Å². The van der Waals surface area contributed by atoms with E-state index in [1.54, 1.807) is 0 Å². The molecule has 2 heterocycles. The zero-order valence-corrected chi connectivity index (χ0v) is 22.3. The molecule has 4 aromatic rings. The number of carbonyl (C=O) groups is 2. The number of carbonyl (C=O) groups excluding carboxylic acids is 1. The molecule has 1 fully saturated rings. The lowest BCUT2D eigenvalue weighted by atomic mass is 9.98. The second kappa shape index (κ2) is 12.0. The number of ether oxygens (including phenoxy) is 3. The van der Waals surface area contributed by atoms with Crippen LogP contribution in [-0.4, -0.2) is 78.4 Å². The number of hydrogen-bond acceptors (Lipinski definition) is 13. The van der Waals surface area contributed by atoms with Gasteiger partial charge in [-0.3, -0.25) is 4.79 Å². The third-order valence-corrected chi connectivity index (χ3v) is 6.64. The summed E-state index contributed by atoms with van der Waals surface area (Å²) in [7, 11) is 0. The third-order valence-electron chi connectivity index (χ3n) is 6.64. The molecular formula is C30H24O14. The minimum Gasteiger partial charge on any atom is -0.508 e. The molecule has 14 heteroatoms. The van der Waals surface area contributed by atoms with Crippen molar-refractivity contribution in [1.82, 2.24) is 0 Å². The monoisotopic (exact) mass is 608 g/mol. The fourth-order valence-electron chi connectivity index (χ4n) is 4.46. The van der Waals surface area contributed by atoms with Gasteiger partial charge in [-0.2, -0.15) is 0 Å². The van der Waals surface area contributed by atoms with Crippen LogP contribution in [-0.2, 0) is 19.1 Å². The molecular weight excluding hydrogens is 584 g/mol. The van der Waals surface area contributed by atoms with Crippen LogP contribution in [0.15, 0.2) is 76.0 Å². The number of aromatic hydroxyl groups is 4. The van der Waals surface area contributed by atoms with Gasteiger partial charge in [0.15, 0.2) is 29.1 Å². The molecule has 0 unspecified atom stereocenters. The van der Waals surface area contributed by atoms with E-state index in [9.17, 15) is 50.1 Å². The Morgan fingerprint density at radius 3 is 2.25 bits per heavy atom. The van der Waals surface area contributed by atoms with Crippen LogP contribution in [0.4, 0.5) is 0 Å². The van der Waals surface area contributed by atoms with Gasteiger partial charge < -0.3 is 54.4 Å². The third kappa shape index (κ3) is 6.12. The van der Waals surface area contributed by atoms with Crippen LogP contribution in [0.1, 0.15) is 5.56 Å². The first kappa shape index (κ1) is 29.9. The van der Waals surface area contributed by atoms with Gasteiger partial charge in [-0.25, -0.2) is 9.59 Å².